The first-order valence-electron chi connectivity index (χ1n) is 5.52. The molecule has 2 rings (SSSR count). The van der Waals surface area contributed by atoms with E-state index < -0.39 is 0 Å². The van der Waals surface area contributed by atoms with Crippen molar-refractivity contribution in [2.24, 2.45) is 0 Å². The lowest BCUT2D eigenvalue weighted by Gasteiger charge is -1.96. The number of nitrogen functional groups attached to an aromatic ring is 1. The normalized spacial score (nSPS) is 8.50. The number of anilines is 1. The van der Waals surface area contributed by atoms with Crippen molar-refractivity contribution in [2.45, 2.75) is 27.7 Å². The Morgan fingerprint density at radius 2 is 1.69 bits per heavy atom. The summed E-state index contributed by atoms with van der Waals surface area (Å²) >= 11 is 0. The van der Waals surface area contributed by atoms with Crippen molar-refractivity contribution in [3.63, 3.8) is 0 Å². The second-order valence-electron chi connectivity index (χ2n) is 2.47. The Hall–Kier alpha value is -1.84. The van der Waals surface area contributed by atoms with Crippen molar-refractivity contribution in [3.8, 4) is 0 Å². The molecule has 0 atom stereocenters. The fourth-order valence-corrected chi connectivity index (χ4v) is 1.04. The Balaban J connectivity index is 0.000000509. The van der Waals surface area contributed by atoms with Crippen LogP contribution in [0.3, 0.4) is 0 Å². The second kappa shape index (κ2) is 7.45. The molecule has 0 aliphatic rings. The molecular formula is C12H19N3O. The van der Waals surface area contributed by atoms with Gasteiger partial charge in [0, 0.05) is 0 Å². The first-order chi connectivity index (χ1) is 7.77. The van der Waals surface area contributed by atoms with Crippen LogP contribution >= 0.6 is 0 Å². The highest BCUT2D eigenvalue weighted by atomic mass is 16.1. The van der Waals surface area contributed by atoms with Gasteiger partial charge in [0.25, 0.3) is 5.56 Å². The second-order valence-corrected chi connectivity index (χ2v) is 2.47. The summed E-state index contributed by atoms with van der Waals surface area (Å²) in [4.78, 5) is 17.5. The number of para-hydroxylation sites is 2. The highest BCUT2D eigenvalue weighted by Crippen LogP contribution is 2.05. The van der Waals surface area contributed by atoms with Crippen molar-refractivity contribution in [3.05, 3.63) is 34.6 Å². The molecule has 0 amide bonds. The number of nitrogens with one attached hydrogen (secondary N) is 1. The number of benzene rings is 1. The predicted octanol–water partition coefficient (Wildman–Crippen LogP) is 2.56. The van der Waals surface area contributed by atoms with Crippen molar-refractivity contribution < 1.29 is 0 Å². The van der Waals surface area contributed by atoms with E-state index in [1.807, 2.05) is 39.8 Å². The molecule has 3 N–H and O–H groups in total. The molecule has 88 valence electrons. The smallest absolute Gasteiger partial charge is 0.290 e. The standard InChI is InChI=1S/C8H7N3O.2C2H6/c9-7-8(12)11-6-4-2-1-3-5(6)10-7;2*1-2/h1-4H,(H2,9,10)(H,11,12);2*1-2H3. The summed E-state index contributed by atoms with van der Waals surface area (Å²) < 4.78 is 0. The number of nitrogens with two attached hydrogens (primary N) is 1. The SMILES string of the molecule is CC.CC.Nc1nc2ccccc2[nH]c1=O. The lowest BCUT2D eigenvalue weighted by molar-refractivity contribution is 1.23. The van der Waals surface area contributed by atoms with Gasteiger partial charge in [0.1, 0.15) is 0 Å². The Kier molecular flexibility index (Phi) is 6.59. The zero-order valence-corrected chi connectivity index (χ0v) is 10.2. The molecule has 0 saturated heterocycles. The van der Waals surface area contributed by atoms with Crippen LogP contribution in [0.1, 0.15) is 27.7 Å². The number of H-pyrrole nitrogens is 1. The molecule has 1 heterocycles. The molecule has 4 heteroatoms. The molecule has 0 aliphatic carbocycles. The van der Waals surface area contributed by atoms with Crippen LogP contribution in [-0.2, 0) is 0 Å². The van der Waals surface area contributed by atoms with Crippen LogP contribution in [0.4, 0.5) is 5.82 Å². The fourth-order valence-electron chi connectivity index (χ4n) is 1.04. The number of aromatic amines is 1. The minimum Gasteiger partial charge on any atom is -0.379 e. The Bertz CT molecular complexity index is 477. The van der Waals surface area contributed by atoms with Gasteiger partial charge >= 0.3 is 0 Å². The highest BCUT2D eigenvalue weighted by Gasteiger charge is 1.97. The van der Waals surface area contributed by atoms with E-state index in [4.69, 9.17) is 5.73 Å². The van der Waals surface area contributed by atoms with E-state index in [9.17, 15) is 4.79 Å². The summed E-state index contributed by atoms with van der Waals surface area (Å²) in [5, 5.41) is 0. The van der Waals surface area contributed by atoms with Gasteiger partial charge in [-0.3, -0.25) is 4.79 Å². The Morgan fingerprint density at radius 3 is 2.31 bits per heavy atom. The quantitative estimate of drug-likeness (QED) is 0.718. The molecule has 0 saturated carbocycles. The minimum absolute atomic E-state index is 0.00806. The van der Waals surface area contributed by atoms with Crippen LogP contribution in [0, 0.1) is 0 Å². The molecule has 16 heavy (non-hydrogen) atoms. The molecule has 1 aromatic carbocycles. The van der Waals surface area contributed by atoms with Crippen LogP contribution in [0.2, 0.25) is 0 Å². The van der Waals surface area contributed by atoms with Gasteiger partial charge in [-0.1, -0.05) is 39.8 Å². The van der Waals surface area contributed by atoms with Crippen molar-refractivity contribution in [2.75, 3.05) is 5.73 Å². The average molecular weight is 221 g/mol. The monoisotopic (exact) mass is 221 g/mol. The van der Waals surface area contributed by atoms with Gasteiger partial charge in [-0.2, -0.15) is 0 Å². The number of aromatic nitrogens is 2. The lowest BCUT2D eigenvalue weighted by atomic mass is 10.3. The molecule has 1 aromatic heterocycles. The van der Waals surface area contributed by atoms with Gasteiger partial charge in [0.05, 0.1) is 11.0 Å². The van der Waals surface area contributed by atoms with Gasteiger partial charge in [-0.15, -0.1) is 0 Å². The number of rotatable bonds is 0. The maximum Gasteiger partial charge on any atom is 0.290 e. The average Bonchev–Trinajstić information content (AvgIpc) is 2.36. The number of hydrogen-bond donors (Lipinski definition) is 2. The number of fused-ring (bicyclic) bond motifs is 1. The van der Waals surface area contributed by atoms with Gasteiger partial charge in [-0.25, -0.2) is 4.98 Å². The van der Waals surface area contributed by atoms with Crippen LogP contribution in [-0.4, -0.2) is 9.97 Å². The third kappa shape index (κ3) is 3.38. The third-order valence-electron chi connectivity index (χ3n) is 1.63. The summed E-state index contributed by atoms with van der Waals surface area (Å²) in [6.45, 7) is 8.00. The molecule has 0 fully saturated rings. The van der Waals surface area contributed by atoms with Gasteiger partial charge in [-0.05, 0) is 12.1 Å². The zero-order valence-electron chi connectivity index (χ0n) is 10.2. The van der Waals surface area contributed by atoms with Gasteiger partial charge < -0.3 is 10.7 Å². The zero-order chi connectivity index (χ0) is 12.6. The van der Waals surface area contributed by atoms with Crippen molar-refractivity contribution in [1.82, 2.24) is 9.97 Å². The summed E-state index contributed by atoms with van der Waals surface area (Å²) in [7, 11) is 0. The Labute approximate surface area is 95.5 Å². The third-order valence-corrected chi connectivity index (χ3v) is 1.63. The molecule has 4 nitrogen and oxygen atoms in total. The minimum atomic E-state index is -0.339. The summed E-state index contributed by atoms with van der Waals surface area (Å²) in [5.41, 5.74) is 6.40. The van der Waals surface area contributed by atoms with E-state index in [1.165, 1.54) is 0 Å². The topological polar surface area (TPSA) is 71.8 Å². The van der Waals surface area contributed by atoms with Crippen LogP contribution < -0.4 is 11.3 Å². The van der Waals surface area contributed by atoms with E-state index in [2.05, 4.69) is 9.97 Å². The number of hydrogen-bond acceptors (Lipinski definition) is 3. The largest absolute Gasteiger partial charge is 0.379 e. The van der Waals surface area contributed by atoms with E-state index in [0.717, 1.165) is 0 Å². The van der Waals surface area contributed by atoms with Gasteiger partial charge in [0.15, 0.2) is 5.82 Å². The van der Waals surface area contributed by atoms with E-state index >= 15 is 0 Å². The van der Waals surface area contributed by atoms with E-state index in [1.54, 1.807) is 12.1 Å². The summed E-state index contributed by atoms with van der Waals surface area (Å²) in [6, 6.07) is 7.24. The predicted molar refractivity (Wildman–Crippen MR) is 69.5 cm³/mol. The molecule has 0 spiro atoms. The van der Waals surface area contributed by atoms with Crippen molar-refractivity contribution in [1.29, 1.82) is 0 Å². The molecular weight excluding hydrogens is 202 g/mol. The van der Waals surface area contributed by atoms with E-state index in [-0.39, 0.29) is 11.4 Å². The first-order valence-corrected chi connectivity index (χ1v) is 5.52. The molecule has 2 aromatic rings. The van der Waals surface area contributed by atoms with Crippen LogP contribution in [0.5, 0.6) is 0 Å². The highest BCUT2D eigenvalue weighted by molar-refractivity contribution is 5.74. The van der Waals surface area contributed by atoms with Gasteiger partial charge in [0.2, 0.25) is 0 Å². The lowest BCUT2D eigenvalue weighted by Crippen LogP contribution is -2.13. The first kappa shape index (κ1) is 14.2. The van der Waals surface area contributed by atoms with Crippen molar-refractivity contribution >= 4 is 16.9 Å². The number of nitrogens with zero attached hydrogens (tertiary/aromatic N) is 1. The summed E-state index contributed by atoms with van der Waals surface area (Å²) in [6.07, 6.45) is 0. The molecule has 0 unspecified atom stereocenters. The van der Waals surface area contributed by atoms with Crippen LogP contribution in [0.25, 0.3) is 11.0 Å². The fraction of sp³-hybridized carbons (Fsp3) is 0.333. The summed E-state index contributed by atoms with van der Waals surface area (Å²) in [5.74, 6) is 0.00806. The Morgan fingerprint density at radius 1 is 1.12 bits per heavy atom. The van der Waals surface area contributed by atoms with E-state index in [0.29, 0.717) is 11.0 Å². The maximum atomic E-state index is 11.0. The maximum absolute atomic E-state index is 11.0. The molecule has 0 bridgehead atoms. The van der Waals surface area contributed by atoms with Crippen LogP contribution in [0.15, 0.2) is 29.1 Å². The molecule has 0 aliphatic heterocycles. The molecule has 0 radical (unpaired) electrons.